The second-order valence-electron chi connectivity index (χ2n) is 16.5. The van der Waals surface area contributed by atoms with Gasteiger partial charge in [-0.1, -0.05) is 41.0 Å². The van der Waals surface area contributed by atoms with Gasteiger partial charge < -0.3 is 53.8 Å². The zero-order chi connectivity index (χ0) is 47.5. The minimum absolute atomic E-state index is 0.0194. The van der Waals surface area contributed by atoms with Crippen molar-refractivity contribution in [3.05, 3.63) is 0 Å². The van der Waals surface area contributed by atoms with Crippen LogP contribution in [-0.2, 0) is 38.0 Å². The predicted octanol–water partition coefficient (Wildman–Crippen LogP) is 3.10. The summed E-state index contributed by atoms with van der Waals surface area (Å²) in [6.07, 6.45) is -10.4. The van der Waals surface area contributed by atoms with E-state index in [2.05, 4.69) is 0 Å². The van der Waals surface area contributed by atoms with Crippen molar-refractivity contribution in [1.29, 1.82) is 5.72 Å². The number of hydrogen-bond donors (Lipinski definition) is 4. The molecular weight excluding hydrogens is 674 g/mol. The van der Waals surface area contributed by atoms with Crippen LogP contribution in [0.3, 0.4) is 0 Å². The fourth-order valence-corrected chi connectivity index (χ4v) is 8.72. The average molecular weight is 756 g/mol. The highest BCUT2D eigenvalue weighted by atomic mass is 16.7. The van der Waals surface area contributed by atoms with Crippen molar-refractivity contribution in [2.75, 3.05) is 28.2 Å². The van der Waals surface area contributed by atoms with Crippen LogP contribution in [0.25, 0.3) is 0 Å². The SMILES string of the molecule is [2H]O[C@@H]1[C@@H](O[C@@H]2[C@@H](C)[C@H](O[C@H]3C[C@@](C)(OC)[C@@H](O[2H])[C@H](C)O3)[C@@H](C)C(=O)C[C@H](CC)[C@@](C)(O[2H])[C@H](O[2H])[C@@H](C)C(=O)[C@H](C)C[C@@]2(C)OC([2H])([2H])[2H])O[C@H](C)C[C@@H]1N(C)C([2H])([2H])[2H]. The highest BCUT2D eigenvalue weighted by Gasteiger charge is 2.53. The molecule has 2 saturated heterocycles. The van der Waals surface area contributed by atoms with Crippen LogP contribution in [0.5, 0.6) is 0 Å². The Morgan fingerprint density at radius 3 is 2.23 bits per heavy atom. The summed E-state index contributed by atoms with van der Waals surface area (Å²) in [5.74, 6) is -5.86. The lowest BCUT2D eigenvalue weighted by molar-refractivity contribution is -0.318. The number of aliphatic hydroxyl groups excluding tert-OH is 3. The molecule has 1 aliphatic carbocycles. The van der Waals surface area contributed by atoms with Crippen LogP contribution in [0.1, 0.15) is 110 Å². The molecule has 0 aromatic carbocycles. The van der Waals surface area contributed by atoms with Gasteiger partial charge in [-0.05, 0) is 67.4 Å². The molecule has 3 fully saturated rings. The van der Waals surface area contributed by atoms with Crippen molar-refractivity contribution in [2.45, 2.75) is 179 Å². The van der Waals surface area contributed by atoms with E-state index in [4.69, 9.17) is 62.8 Å². The van der Waals surface area contributed by atoms with Crippen molar-refractivity contribution >= 4 is 11.6 Å². The summed E-state index contributed by atoms with van der Waals surface area (Å²) in [7, 11) is -0.297. The fraction of sp³-hybridized carbons (Fsp3) is 0.949. The van der Waals surface area contributed by atoms with Gasteiger partial charge in [0, 0.05) is 60.8 Å². The van der Waals surface area contributed by atoms with Crippen molar-refractivity contribution in [2.24, 2.45) is 29.6 Å². The van der Waals surface area contributed by atoms with E-state index in [1.807, 2.05) is 0 Å². The number of Topliss-reactive ketones (excluding diaryl/α,β-unsaturated/α-hetero) is 2. The molecule has 18 atom stereocenters. The van der Waals surface area contributed by atoms with E-state index in [9.17, 15) is 9.59 Å². The van der Waals surface area contributed by atoms with Gasteiger partial charge in [-0.15, -0.1) is 0 Å². The number of likely N-dealkylation sites (N-methyl/N-ethyl adjacent to an activating group) is 1. The van der Waals surface area contributed by atoms with E-state index >= 15 is 0 Å². The van der Waals surface area contributed by atoms with Crippen molar-refractivity contribution < 1.29 is 66.7 Å². The van der Waals surface area contributed by atoms with Crippen LogP contribution in [0.15, 0.2) is 0 Å². The number of ether oxygens (including phenoxy) is 6. The molecular formula is C39H71NO12. The van der Waals surface area contributed by atoms with Crippen LogP contribution in [-0.4, -0.2) is 149 Å². The van der Waals surface area contributed by atoms with Crippen LogP contribution in [0.4, 0.5) is 0 Å². The maximum atomic E-state index is 14.8. The lowest BCUT2D eigenvalue weighted by Gasteiger charge is -2.50. The highest BCUT2D eigenvalue weighted by molar-refractivity contribution is 5.84. The molecule has 304 valence electrons. The topological polar surface area (TPSA) is 174 Å². The first-order chi connectivity index (χ1) is 28.5. The van der Waals surface area contributed by atoms with Gasteiger partial charge in [0.05, 0.1) is 51.4 Å². The van der Waals surface area contributed by atoms with E-state index in [0.29, 0.717) is 0 Å². The van der Waals surface area contributed by atoms with Crippen molar-refractivity contribution in [3.8, 4) is 0 Å². The molecule has 0 spiro atoms. The Balaban J connectivity index is 2.39. The normalized spacial score (nSPS) is 52.4. The summed E-state index contributed by atoms with van der Waals surface area (Å²) >= 11 is 0. The van der Waals surface area contributed by atoms with Gasteiger partial charge in [0.15, 0.2) is 12.6 Å². The Bertz CT molecular complexity index is 1470. The Morgan fingerprint density at radius 1 is 0.942 bits per heavy atom. The molecule has 0 radical (unpaired) electrons. The smallest absolute Gasteiger partial charge is 0.211 e. The van der Waals surface area contributed by atoms with Gasteiger partial charge in [-0.3, -0.25) is 9.59 Å². The minimum Gasteiger partial charge on any atom is -0.389 e. The van der Waals surface area contributed by atoms with Crippen molar-refractivity contribution in [1.82, 2.24) is 4.90 Å². The molecule has 0 amide bonds. The molecule has 0 aromatic heterocycles. The molecule has 0 bridgehead atoms. The maximum absolute atomic E-state index is 14.8. The third kappa shape index (κ3) is 9.46. The first-order valence-electron chi connectivity index (χ1n) is 23.3. The number of carbonyl (C=O) groups excluding carboxylic acids is 2. The molecule has 0 unspecified atom stereocenters. The molecule has 2 aliphatic heterocycles. The fourth-order valence-electron chi connectivity index (χ4n) is 8.72. The van der Waals surface area contributed by atoms with Gasteiger partial charge in [-0.2, -0.15) is 0 Å². The largest absolute Gasteiger partial charge is 0.389 e. The Morgan fingerprint density at radius 2 is 1.65 bits per heavy atom. The van der Waals surface area contributed by atoms with E-state index in [1.165, 1.54) is 34.9 Å². The zero-order valence-corrected chi connectivity index (χ0v) is 33.0. The van der Waals surface area contributed by atoms with E-state index < -0.39 is 128 Å². The van der Waals surface area contributed by atoms with Crippen LogP contribution >= 0.6 is 0 Å². The monoisotopic (exact) mass is 756 g/mol. The summed E-state index contributed by atoms with van der Waals surface area (Å²) in [6, 6.07) is -0.955. The first kappa shape index (κ1) is 32.0. The molecule has 13 nitrogen and oxygen atoms in total. The van der Waals surface area contributed by atoms with E-state index in [-0.39, 0.29) is 37.9 Å². The van der Waals surface area contributed by atoms with Crippen LogP contribution in [0, 0.1) is 29.6 Å². The van der Waals surface area contributed by atoms with Gasteiger partial charge in [0.2, 0.25) is 5.72 Å². The number of nitrogens with zero attached hydrogens (tertiary/aromatic N) is 1. The van der Waals surface area contributed by atoms with E-state index in [1.54, 1.807) is 48.5 Å². The third-order valence-corrected chi connectivity index (χ3v) is 12.4. The van der Waals surface area contributed by atoms with Gasteiger partial charge in [-0.25, -0.2) is 0 Å². The Labute approximate surface area is 326 Å². The lowest BCUT2D eigenvalue weighted by atomic mass is 9.69. The average Bonchev–Trinajstić information content (AvgIpc) is 3.17. The van der Waals surface area contributed by atoms with E-state index in [0.717, 1.165) is 4.90 Å². The summed E-state index contributed by atoms with van der Waals surface area (Å²) in [5.41, 5.74) is -4.74. The standard InChI is InChI=1S/C39H71NO12/c1-15-26-17-28(41)22(4)32(51-29-19-37(8,47-13)34(45)25(7)50-29)24(6)35(52-36-31(43)27(40(11)12)16-21(3)49-36)38(9,48-14)18-20(2)30(42)23(5)33(44)39(26,10)46/h20-27,29,31-36,43-46H,15-19H2,1-14H3/t20-,21-,22+,23+,24+,25+,26+,27+,29+,31+,32-,33-,34+,35-,36-,37-,38-,39-/m1/s1/i11D3,14D3,43D,44D,45D,46D. The van der Waals surface area contributed by atoms with Gasteiger partial charge in [0.1, 0.15) is 23.8 Å². The molecule has 3 aliphatic rings. The van der Waals surface area contributed by atoms with Crippen LogP contribution < -0.4 is 0 Å². The first-order valence-corrected chi connectivity index (χ1v) is 18.7. The molecule has 2 heterocycles. The zero-order valence-electron chi connectivity index (χ0n) is 43.0. The lowest BCUT2D eigenvalue weighted by Crippen LogP contribution is -2.61. The number of ketones is 2. The Kier molecular flexibility index (Phi) is 11.0. The molecule has 13 heteroatoms. The number of hydrogen-bond acceptors (Lipinski definition) is 13. The number of rotatable bonds is 12. The van der Waals surface area contributed by atoms with Gasteiger partial charge in [0.25, 0.3) is 0 Å². The quantitative estimate of drug-likeness (QED) is 0.229. The second-order valence-corrected chi connectivity index (χ2v) is 16.5. The molecule has 3 rings (SSSR count). The van der Waals surface area contributed by atoms with Crippen molar-refractivity contribution in [3.63, 3.8) is 0 Å². The molecule has 4 N–H and O–H groups in total. The number of aliphatic hydroxyl groups is 4. The predicted molar refractivity (Wildman–Crippen MR) is 194 cm³/mol. The summed E-state index contributed by atoms with van der Waals surface area (Å²) < 4.78 is 120. The summed E-state index contributed by atoms with van der Waals surface area (Å²) in [4.78, 5) is 30.4. The Hall–Kier alpha value is -1.10. The highest BCUT2D eigenvalue weighted by Crippen LogP contribution is 2.42. The summed E-state index contributed by atoms with van der Waals surface area (Å²) in [5, 5.41) is 20.7. The van der Waals surface area contributed by atoms with Gasteiger partial charge >= 0.3 is 0 Å². The molecule has 52 heavy (non-hydrogen) atoms. The number of carbonyl (C=O) groups is 2. The third-order valence-electron chi connectivity index (χ3n) is 12.4. The summed E-state index contributed by atoms with van der Waals surface area (Å²) in [6.45, 7) is 13.6. The molecule has 1 saturated carbocycles. The second kappa shape index (κ2) is 17.8. The maximum Gasteiger partial charge on any atom is 0.211 e. The minimum atomic E-state index is -3.12. The molecule has 0 aromatic rings. The number of methoxy groups -OCH3 is 2. The van der Waals surface area contributed by atoms with Crippen LogP contribution in [0.2, 0.25) is 0 Å².